The fraction of sp³-hybridized carbons (Fsp3) is 0.182. The average Bonchev–Trinajstić information content (AvgIpc) is 2.67. The number of nitrogens with zero attached hydrogens (tertiary/aromatic N) is 1. The molecule has 5 heteroatoms. The highest BCUT2D eigenvalue weighted by Crippen LogP contribution is 2.32. The Balaban J connectivity index is 2.46. The van der Waals surface area contributed by atoms with E-state index in [0.717, 1.165) is 15.7 Å². The molecule has 0 saturated carbocycles. The molecule has 0 amide bonds. The Hall–Kier alpha value is -0.840. The first-order chi connectivity index (χ1) is 7.72. The standard InChI is InChI=1S/C11H10BrClN2O/c1-14-5-10-11(16-6-15-10)8-3-2-7(12)4-9(8)13/h2-4,6,14H,5H2,1H3. The number of hydrogen-bond donors (Lipinski definition) is 1. The molecule has 84 valence electrons. The Morgan fingerprint density at radius 3 is 3.00 bits per heavy atom. The van der Waals surface area contributed by atoms with E-state index in [4.69, 9.17) is 16.0 Å². The lowest BCUT2D eigenvalue weighted by molar-refractivity contribution is 0.570. The third-order valence-corrected chi connectivity index (χ3v) is 2.97. The maximum absolute atomic E-state index is 6.15. The van der Waals surface area contributed by atoms with Crippen molar-refractivity contribution in [1.29, 1.82) is 0 Å². The van der Waals surface area contributed by atoms with Gasteiger partial charge in [-0.1, -0.05) is 27.5 Å². The van der Waals surface area contributed by atoms with Crippen LogP contribution in [0.1, 0.15) is 5.69 Å². The van der Waals surface area contributed by atoms with Crippen LogP contribution in [-0.4, -0.2) is 12.0 Å². The monoisotopic (exact) mass is 300 g/mol. The van der Waals surface area contributed by atoms with Crippen molar-refractivity contribution in [2.75, 3.05) is 7.05 Å². The lowest BCUT2D eigenvalue weighted by Crippen LogP contribution is -2.06. The highest BCUT2D eigenvalue weighted by atomic mass is 79.9. The minimum atomic E-state index is 0.642. The number of hydrogen-bond acceptors (Lipinski definition) is 3. The van der Waals surface area contributed by atoms with Gasteiger partial charge in [-0.05, 0) is 25.2 Å². The van der Waals surface area contributed by atoms with E-state index < -0.39 is 0 Å². The third-order valence-electron chi connectivity index (χ3n) is 2.16. The summed E-state index contributed by atoms with van der Waals surface area (Å²) < 4.78 is 6.31. The average molecular weight is 302 g/mol. The Labute approximate surface area is 107 Å². The van der Waals surface area contributed by atoms with E-state index in [1.807, 2.05) is 25.2 Å². The topological polar surface area (TPSA) is 38.1 Å². The molecule has 16 heavy (non-hydrogen) atoms. The summed E-state index contributed by atoms with van der Waals surface area (Å²) in [5.74, 6) is 0.715. The van der Waals surface area contributed by atoms with Gasteiger partial charge in [0, 0.05) is 16.6 Å². The van der Waals surface area contributed by atoms with Crippen molar-refractivity contribution >= 4 is 27.5 Å². The predicted octanol–water partition coefficient (Wildman–Crippen LogP) is 3.48. The van der Waals surface area contributed by atoms with E-state index in [9.17, 15) is 0 Å². The smallest absolute Gasteiger partial charge is 0.181 e. The van der Waals surface area contributed by atoms with Gasteiger partial charge >= 0.3 is 0 Å². The molecule has 1 N–H and O–H groups in total. The van der Waals surface area contributed by atoms with Crippen LogP contribution in [0.15, 0.2) is 33.5 Å². The first kappa shape index (κ1) is 11.6. The first-order valence-corrected chi connectivity index (χ1v) is 5.92. The van der Waals surface area contributed by atoms with Crippen LogP contribution >= 0.6 is 27.5 Å². The van der Waals surface area contributed by atoms with Gasteiger partial charge in [-0.15, -0.1) is 0 Å². The summed E-state index contributed by atoms with van der Waals surface area (Å²) in [6.07, 6.45) is 1.43. The van der Waals surface area contributed by atoms with E-state index in [1.54, 1.807) is 0 Å². The molecule has 0 unspecified atom stereocenters. The first-order valence-electron chi connectivity index (χ1n) is 4.74. The summed E-state index contributed by atoms with van der Waals surface area (Å²) in [4.78, 5) is 4.15. The molecule has 0 spiro atoms. The van der Waals surface area contributed by atoms with E-state index in [0.29, 0.717) is 17.3 Å². The molecule has 0 atom stereocenters. The molecular weight excluding hydrogens is 291 g/mol. The second-order valence-corrected chi connectivity index (χ2v) is 4.61. The second kappa shape index (κ2) is 4.99. The molecule has 2 aromatic rings. The van der Waals surface area contributed by atoms with Crippen molar-refractivity contribution in [3.8, 4) is 11.3 Å². The Morgan fingerprint density at radius 2 is 2.31 bits per heavy atom. The molecule has 1 aromatic heterocycles. The molecule has 0 saturated heterocycles. The van der Waals surface area contributed by atoms with Gasteiger partial charge in [0.05, 0.1) is 5.02 Å². The summed E-state index contributed by atoms with van der Waals surface area (Å²) >= 11 is 9.52. The van der Waals surface area contributed by atoms with Crippen LogP contribution in [0.4, 0.5) is 0 Å². The highest BCUT2D eigenvalue weighted by molar-refractivity contribution is 9.10. The second-order valence-electron chi connectivity index (χ2n) is 3.28. The molecule has 0 aliphatic rings. The van der Waals surface area contributed by atoms with Crippen LogP contribution in [0.5, 0.6) is 0 Å². The molecule has 1 heterocycles. The molecule has 0 aliphatic carbocycles. The van der Waals surface area contributed by atoms with Crippen molar-refractivity contribution in [1.82, 2.24) is 10.3 Å². The number of rotatable bonds is 3. The molecular formula is C11H10BrClN2O. The molecule has 0 radical (unpaired) electrons. The lowest BCUT2D eigenvalue weighted by atomic mass is 10.1. The fourth-order valence-corrected chi connectivity index (χ4v) is 2.21. The largest absolute Gasteiger partial charge is 0.443 e. The summed E-state index contributed by atoms with van der Waals surface area (Å²) in [7, 11) is 1.86. The predicted molar refractivity (Wildman–Crippen MR) is 67.4 cm³/mol. The van der Waals surface area contributed by atoms with Gasteiger partial charge in [0.15, 0.2) is 12.2 Å². The molecule has 0 bridgehead atoms. The van der Waals surface area contributed by atoms with Crippen LogP contribution in [0.2, 0.25) is 5.02 Å². The quantitative estimate of drug-likeness (QED) is 0.943. The normalized spacial score (nSPS) is 10.7. The van der Waals surface area contributed by atoms with Gasteiger partial charge in [0.1, 0.15) is 5.69 Å². The number of nitrogens with one attached hydrogen (secondary N) is 1. The summed E-state index contributed by atoms with van der Waals surface area (Å²) in [5, 5.41) is 3.68. The van der Waals surface area contributed by atoms with E-state index in [2.05, 4.69) is 26.2 Å². The molecule has 2 rings (SSSR count). The maximum Gasteiger partial charge on any atom is 0.181 e. The summed E-state index contributed by atoms with van der Waals surface area (Å²) in [6, 6.07) is 5.67. The maximum atomic E-state index is 6.15. The number of oxazole rings is 1. The van der Waals surface area contributed by atoms with Crippen LogP contribution in [0.25, 0.3) is 11.3 Å². The fourth-order valence-electron chi connectivity index (χ4n) is 1.46. The minimum absolute atomic E-state index is 0.642. The van der Waals surface area contributed by atoms with Crippen LogP contribution in [-0.2, 0) is 6.54 Å². The van der Waals surface area contributed by atoms with Crippen molar-refractivity contribution in [2.24, 2.45) is 0 Å². The SMILES string of the molecule is CNCc1ncoc1-c1ccc(Br)cc1Cl. The minimum Gasteiger partial charge on any atom is -0.443 e. The third kappa shape index (κ3) is 2.29. The van der Waals surface area contributed by atoms with Gasteiger partial charge in [0.25, 0.3) is 0 Å². The molecule has 1 aromatic carbocycles. The van der Waals surface area contributed by atoms with Gasteiger partial charge in [-0.2, -0.15) is 0 Å². The molecule has 3 nitrogen and oxygen atoms in total. The summed E-state index contributed by atoms with van der Waals surface area (Å²) in [5.41, 5.74) is 1.71. The molecule has 0 aliphatic heterocycles. The summed E-state index contributed by atoms with van der Waals surface area (Å²) in [6.45, 7) is 0.651. The zero-order valence-electron chi connectivity index (χ0n) is 8.63. The lowest BCUT2D eigenvalue weighted by Gasteiger charge is -2.03. The number of benzene rings is 1. The van der Waals surface area contributed by atoms with Gasteiger partial charge in [0.2, 0.25) is 0 Å². The van der Waals surface area contributed by atoms with E-state index in [-0.39, 0.29) is 0 Å². The van der Waals surface area contributed by atoms with Gasteiger partial charge < -0.3 is 9.73 Å². The van der Waals surface area contributed by atoms with E-state index >= 15 is 0 Å². The zero-order chi connectivity index (χ0) is 11.5. The highest BCUT2D eigenvalue weighted by Gasteiger charge is 2.13. The van der Waals surface area contributed by atoms with E-state index in [1.165, 1.54) is 6.39 Å². The zero-order valence-corrected chi connectivity index (χ0v) is 11.0. The van der Waals surface area contributed by atoms with Crippen LogP contribution in [0, 0.1) is 0 Å². The number of aromatic nitrogens is 1. The van der Waals surface area contributed by atoms with Crippen molar-refractivity contribution < 1.29 is 4.42 Å². The number of halogens is 2. The Bertz CT molecular complexity index is 498. The van der Waals surface area contributed by atoms with Crippen molar-refractivity contribution in [2.45, 2.75) is 6.54 Å². The van der Waals surface area contributed by atoms with Crippen molar-refractivity contribution in [3.05, 3.63) is 39.8 Å². The molecule has 0 fully saturated rings. The Kier molecular flexibility index (Phi) is 3.63. The Morgan fingerprint density at radius 1 is 1.50 bits per heavy atom. The van der Waals surface area contributed by atoms with Crippen LogP contribution < -0.4 is 5.32 Å². The van der Waals surface area contributed by atoms with Crippen molar-refractivity contribution in [3.63, 3.8) is 0 Å². The van der Waals surface area contributed by atoms with Crippen LogP contribution in [0.3, 0.4) is 0 Å². The van der Waals surface area contributed by atoms with Gasteiger partial charge in [-0.3, -0.25) is 0 Å². The van der Waals surface area contributed by atoms with Gasteiger partial charge in [-0.25, -0.2) is 4.98 Å².